The fourth-order valence-electron chi connectivity index (χ4n) is 4.17. The lowest BCUT2D eigenvalue weighted by molar-refractivity contribution is -0.118. The van der Waals surface area contributed by atoms with E-state index in [2.05, 4.69) is 28.6 Å². The zero-order chi connectivity index (χ0) is 18.8. The summed E-state index contributed by atoms with van der Waals surface area (Å²) in [6.45, 7) is 4.24. The summed E-state index contributed by atoms with van der Waals surface area (Å²) in [6, 6.07) is 10.1. The molecule has 1 aromatic heterocycles. The van der Waals surface area contributed by atoms with Crippen molar-refractivity contribution >= 4 is 34.5 Å². The van der Waals surface area contributed by atoms with Gasteiger partial charge in [-0.3, -0.25) is 14.5 Å². The number of carbonyl (C=O) groups is 2. The molecular weight excluding hydrogens is 358 g/mol. The second-order valence-corrected chi connectivity index (χ2v) is 8.19. The normalized spacial score (nSPS) is 20.0. The molecule has 27 heavy (non-hydrogen) atoms. The predicted molar refractivity (Wildman–Crippen MR) is 109 cm³/mol. The van der Waals surface area contributed by atoms with E-state index in [0.29, 0.717) is 19.0 Å². The van der Waals surface area contributed by atoms with Gasteiger partial charge < -0.3 is 10.2 Å². The van der Waals surface area contributed by atoms with E-state index in [0.717, 1.165) is 43.7 Å². The second kappa shape index (κ2) is 7.82. The molecule has 1 atom stereocenters. The molecule has 2 amide bonds. The lowest BCUT2D eigenvalue weighted by Crippen LogP contribution is -2.40. The maximum absolute atomic E-state index is 12.7. The number of fused-ring (bicyclic) bond motifs is 1. The molecule has 1 aromatic carbocycles. The molecule has 0 aliphatic carbocycles. The highest BCUT2D eigenvalue weighted by molar-refractivity contribution is 7.10. The van der Waals surface area contributed by atoms with Crippen molar-refractivity contribution in [1.82, 2.24) is 4.90 Å². The SMILES string of the molecule is CCC1c2ccsc2CCN1CC(=O)Nc1cccc(N2CCCC2=O)c1. The van der Waals surface area contributed by atoms with Crippen molar-refractivity contribution in [2.45, 2.75) is 38.6 Å². The van der Waals surface area contributed by atoms with Gasteiger partial charge in [-0.05, 0) is 54.5 Å². The van der Waals surface area contributed by atoms with E-state index in [1.165, 1.54) is 10.4 Å². The van der Waals surface area contributed by atoms with Crippen molar-refractivity contribution in [2.75, 3.05) is 29.9 Å². The zero-order valence-corrected chi connectivity index (χ0v) is 16.4. The minimum Gasteiger partial charge on any atom is -0.325 e. The van der Waals surface area contributed by atoms with Gasteiger partial charge in [0.25, 0.3) is 0 Å². The third-order valence-electron chi connectivity index (χ3n) is 5.45. The van der Waals surface area contributed by atoms with Gasteiger partial charge >= 0.3 is 0 Å². The van der Waals surface area contributed by atoms with Crippen LogP contribution in [0.3, 0.4) is 0 Å². The highest BCUT2D eigenvalue weighted by Crippen LogP contribution is 2.35. The summed E-state index contributed by atoms with van der Waals surface area (Å²) in [4.78, 5) is 30.1. The Hall–Kier alpha value is -2.18. The summed E-state index contributed by atoms with van der Waals surface area (Å²) in [5.74, 6) is 0.154. The zero-order valence-electron chi connectivity index (χ0n) is 15.6. The molecule has 0 spiro atoms. The smallest absolute Gasteiger partial charge is 0.238 e. The Morgan fingerprint density at radius 3 is 2.93 bits per heavy atom. The summed E-state index contributed by atoms with van der Waals surface area (Å²) in [5.41, 5.74) is 3.00. The van der Waals surface area contributed by atoms with Crippen LogP contribution in [0.25, 0.3) is 0 Å². The van der Waals surface area contributed by atoms with Gasteiger partial charge in [-0.1, -0.05) is 13.0 Å². The number of benzene rings is 1. The molecule has 0 radical (unpaired) electrons. The molecule has 6 heteroatoms. The molecule has 2 aliphatic heterocycles. The van der Waals surface area contributed by atoms with Crippen LogP contribution in [0.2, 0.25) is 0 Å². The van der Waals surface area contributed by atoms with Crippen LogP contribution in [0.1, 0.15) is 42.7 Å². The predicted octanol–water partition coefficient (Wildman–Crippen LogP) is 3.82. The number of thiophene rings is 1. The fraction of sp³-hybridized carbons (Fsp3) is 0.429. The van der Waals surface area contributed by atoms with Crippen molar-refractivity contribution in [3.8, 4) is 0 Å². The number of carbonyl (C=O) groups excluding carboxylic acids is 2. The molecule has 2 aliphatic rings. The average molecular weight is 384 g/mol. The molecule has 0 bridgehead atoms. The summed E-state index contributed by atoms with van der Waals surface area (Å²) in [6.07, 6.45) is 3.52. The summed E-state index contributed by atoms with van der Waals surface area (Å²) >= 11 is 1.82. The van der Waals surface area contributed by atoms with Crippen LogP contribution < -0.4 is 10.2 Å². The number of nitrogens with zero attached hydrogens (tertiary/aromatic N) is 2. The number of hydrogen-bond donors (Lipinski definition) is 1. The van der Waals surface area contributed by atoms with E-state index in [1.54, 1.807) is 4.90 Å². The first kappa shape index (κ1) is 18.2. The van der Waals surface area contributed by atoms with Crippen LogP contribution in [0.15, 0.2) is 35.7 Å². The molecular formula is C21H25N3O2S. The lowest BCUT2D eigenvalue weighted by Gasteiger charge is -2.34. The van der Waals surface area contributed by atoms with Gasteiger partial charge in [-0.15, -0.1) is 11.3 Å². The highest BCUT2D eigenvalue weighted by atomic mass is 32.1. The first-order valence-corrected chi connectivity index (χ1v) is 10.5. The summed E-state index contributed by atoms with van der Waals surface area (Å²) in [5, 5.41) is 5.17. The molecule has 3 heterocycles. The van der Waals surface area contributed by atoms with Gasteiger partial charge in [0.1, 0.15) is 0 Å². The minimum absolute atomic E-state index is 0.00275. The van der Waals surface area contributed by atoms with Gasteiger partial charge in [0.05, 0.1) is 6.54 Å². The Bertz CT molecular complexity index is 847. The topological polar surface area (TPSA) is 52.7 Å². The van der Waals surface area contributed by atoms with Gasteiger partial charge in [0.2, 0.25) is 11.8 Å². The standard InChI is InChI=1S/C21H25N3O2S/c1-2-18-17-9-12-27-19(17)8-11-23(18)14-20(25)22-15-5-3-6-16(13-15)24-10-4-7-21(24)26/h3,5-6,9,12-13,18H,2,4,7-8,10-11,14H2,1H3,(H,22,25). The Morgan fingerprint density at radius 1 is 1.26 bits per heavy atom. The fourth-order valence-corrected chi connectivity index (χ4v) is 5.10. The van der Waals surface area contributed by atoms with Crippen LogP contribution in [0, 0.1) is 0 Å². The van der Waals surface area contributed by atoms with Crippen molar-refractivity contribution in [1.29, 1.82) is 0 Å². The number of rotatable bonds is 5. The molecule has 2 aromatic rings. The molecule has 1 fully saturated rings. The molecule has 0 saturated carbocycles. The van der Waals surface area contributed by atoms with E-state index >= 15 is 0 Å². The molecule has 1 unspecified atom stereocenters. The average Bonchev–Trinajstić information content (AvgIpc) is 3.30. The minimum atomic E-state index is -0.00275. The summed E-state index contributed by atoms with van der Waals surface area (Å²) < 4.78 is 0. The molecule has 5 nitrogen and oxygen atoms in total. The van der Waals surface area contributed by atoms with Gasteiger partial charge in [-0.25, -0.2) is 0 Å². The number of amides is 2. The van der Waals surface area contributed by atoms with E-state index in [9.17, 15) is 9.59 Å². The van der Waals surface area contributed by atoms with E-state index in [1.807, 2.05) is 35.6 Å². The van der Waals surface area contributed by atoms with Gasteiger partial charge in [0.15, 0.2) is 0 Å². The molecule has 142 valence electrons. The highest BCUT2D eigenvalue weighted by Gasteiger charge is 2.28. The third kappa shape index (κ3) is 3.77. The Balaban J connectivity index is 1.42. The number of hydrogen-bond acceptors (Lipinski definition) is 4. The maximum Gasteiger partial charge on any atom is 0.238 e. The Morgan fingerprint density at radius 2 is 2.15 bits per heavy atom. The van der Waals surface area contributed by atoms with E-state index in [-0.39, 0.29) is 11.8 Å². The molecule has 1 N–H and O–H groups in total. The van der Waals surface area contributed by atoms with E-state index < -0.39 is 0 Å². The van der Waals surface area contributed by atoms with Crippen molar-refractivity contribution in [3.63, 3.8) is 0 Å². The first-order chi connectivity index (χ1) is 13.2. The van der Waals surface area contributed by atoms with Crippen LogP contribution in [0.5, 0.6) is 0 Å². The quantitative estimate of drug-likeness (QED) is 0.854. The molecule has 4 rings (SSSR count). The Labute approximate surface area is 164 Å². The first-order valence-electron chi connectivity index (χ1n) is 9.66. The van der Waals surface area contributed by atoms with Crippen molar-refractivity contribution in [2.24, 2.45) is 0 Å². The van der Waals surface area contributed by atoms with Crippen LogP contribution in [-0.2, 0) is 16.0 Å². The number of anilines is 2. The monoisotopic (exact) mass is 383 g/mol. The largest absolute Gasteiger partial charge is 0.325 e. The van der Waals surface area contributed by atoms with Gasteiger partial charge in [-0.2, -0.15) is 0 Å². The second-order valence-electron chi connectivity index (χ2n) is 7.19. The van der Waals surface area contributed by atoms with E-state index in [4.69, 9.17) is 0 Å². The van der Waals surface area contributed by atoms with Crippen LogP contribution in [0.4, 0.5) is 11.4 Å². The van der Waals surface area contributed by atoms with Gasteiger partial charge in [0, 0.05) is 41.8 Å². The van der Waals surface area contributed by atoms with Crippen LogP contribution in [-0.4, -0.2) is 36.3 Å². The van der Waals surface area contributed by atoms with Crippen molar-refractivity contribution < 1.29 is 9.59 Å². The Kier molecular flexibility index (Phi) is 5.27. The van der Waals surface area contributed by atoms with Crippen molar-refractivity contribution in [3.05, 3.63) is 46.2 Å². The number of nitrogens with one attached hydrogen (secondary N) is 1. The van der Waals surface area contributed by atoms with Crippen LogP contribution >= 0.6 is 11.3 Å². The maximum atomic E-state index is 12.7. The third-order valence-corrected chi connectivity index (χ3v) is 6.45. The molecule has 1 saturated heterocycles. The summed E-state index contributed by atoms with van der Waals surface area (Å²) in [7, 11) is 0. The lowest BCUT2D eigenvalue weighted by atomic mass is 9.98.